The largest absolute Gasteiger partial charge is 0.481 e. The number of rotatable bonds is 4. The average Bonchev–Trinajstić information content (AvgIpc) is 3.17. The molecule has 1 aliphatic carbocycles. The van der Waals surface area contributed by atoms with Crippen molar-refractivity contribution < 1.29 is 19.1 Å². The van der Waals surface area contributed by atoms with Gasteiger partial charge in [0.05, 0.1) is 17.8 Å². The van der Waals surface area contributed by atoms with Crippen molar-refractivity contribution in [2.45, 2.75) is 25.3 Å². The highest BCUT2D eigenvalue weighted by atomic mass is 19.1. The first-order valence-corrected chi connectivity index (χ1v) is 7.25. The number of nitrogens with one attached hydrogen (secondary N) is 1. The number of nitrogens with zero attached hydrogens (tertiary/aromatic N) is 3. The van der Waals surface area contributed by atoms with Gasteiger partial charge < -0.3 is 10.4 Å². The number of aliphatic carboxylic acids is 1. The van der Waals surface area contributed by atoms with Crippen molar-refractivity contribution in [3.05, 3.63) is 42.0 Å². The third kappa shape index (κ3) is 3.36. The smallest absolute Gasteiger partial charge is 0.306 e. The Morgan fingerprint density at radius 2 is 2.00 bits per heavy atom. The van der Waals surface area contributed by atoms with Crippen LogP contribution in [0.25, 0.3) is 5.69 Å². The molecular weight excluding hydrogens is 303 g/mol. The molecule has 1 fully saturated rings. The molecule has 0 spiro atoms. The molecule has 1 aromatic carbocycles. The highest BCUT2D eigenvalue weighted by Gasteiger charge is 2.31. The lowest BCUT2D eigenvalue weighted by Crippen LogP contribution is -2.33. The second-order valence-electron chi connectivity index (χ2n) is 5.51. The van der Waals surface area contributed by atoms with Gasteiger partial charge in [0.2, 0.25) is 0 Å². The number of carbonyl (C=O) groups is 2. The molecule has 120 valence electrons. The summed E-state index contributed by atoms with van der Waals surface area (Å²) in [6, 6.07) is 5.41. The van der Waals surface area contributed by atoms with E-state index in [0.29, 0.717) is 24.9 Å². The van der Waals surface area contributed by atoms with E-state index in [2.05, 4.69) is 15.5 Å². The maximum Gasteiger partial charge on any atom is 0.306 e. The molecule has 0 unspecified atom stereocenters. The summed E-state index contributed by atoms with van der Waals surface area (Å²) in [6.07, 6.45) is 2.94. The fourth-order valence-corrected chi connectivity index (χ4v) is 2.66. The van der Waals surface area contributed by atoms with E-state index in [9.17, 15) is 14.0 Å². The van der Waals surface area contributed by atoms with E-state index in [-0.39, 0.29) is 17.6 Å². The van der Waals surface area contributed by atoms with Gasteiger partial charge >= 0.3 is 5.97 Å². The molecule has 23 heavy (non-hydrogen) atoms. The van der Waals surface area contributed by atoms with Crippen molar-refractivity contribution in [2.75, 3.05) is 0 Å². The van der Waals surface area contributed by atoms with Crippen LogP contribution in [0.3, 0.4) is 0 Å². The number of carbonyl (C=O) groups excluding carboxylic acids is 1. The number of amides is 1. The Morgan fingerprint density at radius 1 is 1.26 bits per heavy atom. The highest BCUT2D eigenvalue weighted by Crippen LogP contribution is 2.25. The van der Waals surface area contributed by atoms with E-state index >= 15 is 0 Å². The second-order valence-corrected chi connectivity index (χ2v) is 5.51. The SMILES string of the molecule is O=C(N[C@H]1CC[C@@H](C(=O)O)C1)c1cnn(-c2ccc(F)cc2)n1. The van der Waals surface area contributed by atoms with E-state index in [1.807, 2.05) is 0 Å². The number of hydrogen-bond donors (Lipinski definition) is 2. The summed E-state index contributed by atoms with van der Waals surface area (Å²) in [5.41, 5.74) is 0.672. The molecule has 1 saturated carbocycles. The van der Waals surface area contributed by atoms with Crippen molar-refractivity contribution in [1.29, 1.82) is 0 Å². The van der Waals surface area contributed by atoms with Crippen molar-refractivity contribution in [3.8, 4) is 5.69 Å². The molecule has 2 aromatic rings. The van der Waals surface area contributed by atoms with Gasteiger partial charge in [-0.15, -0.1) is 5.10 Å². The fourth-order valence-electron chi connectivity index (χ4n) is 2.66. The van der Waals surface area contributed by atoms with Crippen molar-refractivity contribution >= 4 is 11.9 Å². The molecule has 0 bridgehead atoms. The van der Waals surface area contributed by atoms with Crippen molar-refractivity contribution in [2.24, 2.45) is 5.92 Å². The van der Waals surface area contributed by atoms with Gasteiger partial charge in [0, 0.05) is 6.04 Å². The van der Waals surface area contributed by atoms with Crippen LogP contribution in [-0.2, 0) is 4.79 Å². The lowest BCUT2D eigenvalue weighted by Gasteiger charge is -2.10. The Morgan fingerprint density at radius 3 is 2.65 bits per heavy atom. The van der Waals surface area contributed by atoms with Crippen LogP contribution in [0.5, 0.6) is 0 Å². The first kappa shape index (κ1) is 15.1. The minimum atomic E-state index is -0.830. The Kier molecular flexibility index (Phi) is 4.05. The zero-order valence-electron chi connectivity index (χ0n) is 12.1. The molecule has 1 amide bonds. The summed E-state index contributed by atoms with van der Waals surface area (Å²) in [4.78, 5) is 24.3. The van der Waals surface area contributed by atoms with Gasteiger partial charge in [-0.3, -0.25) is 9.59 Å². The summed E-state index contributed by atoms with van der Waals surface area (Å²) in [6.45, 7) is 0. The zero-order valence-corrected chi connectivity index (χ0v) is 12.1. The summed E-state index contributed by atoms with van der Waals surface area (Å²) < 4.78 is 12.9. The maximum atomic E-state index is 12.9. The number of halogens is 1. The molecule has 1 aliphatic rings. The van der Waals surface area contributed by atoms with Gasteiger partial charge in [-0.05, 0) is 43.5 Å². The van der Waals surface area contributed by atoms with E-state index in [0.717, 1.165) is 0 Å². The predicted octanol–water partition coefficient (Wildman–Crippen LogP) is 1.39. The van der Waals surface area contributed by atoms with Crippen molar-refractivity contribution in [3.63, 3.8) is 0 Å². The van der Waals surface area contributed by atoms with Crippen LogP contribution >= 0.6 is 0 Å². The van der Waals surface area contributed by atoms with Gasteiger partial charge in [0.1, 0.15) is 5.82 Å². The minimum absolute atomic E-state index is 0.133. The number of carboxylic acid groups (broad SMARTS) is 1. The molecule has 2 N–H and O–H groups in total. The van der Waals surface area contributed by atoms with Gasteiger partial charge in [0.25, 0.3) is 5.91 Å². The van der Waals surface area contributed by atoms with E-state index < -0.39 is 17.8 Å². The van der Waals surface area contributed by atoms with Gasteiger partial charge in [-0.2, -0.15) is 9.90 Å². The van der Waals surface area contributed by atoms with Crippen LogP contribution in [0, 0.1) is 11.7 Å². The van der Waals surface area contributed by atoms with Gasteiger partial charge in [0.15, 0.2) is 5.69 Å². The maximum absolute atomic E-state index is 12.9. The molecule has 3 rings (SSSR count). The lowest BCUT2D eigenvalue weighted by molar-refractivity contribution is -0.141. The molecule has 2 atom stereocenters. The second kappa shape index (κ2) is 6.15. The number of carboxylic acids is 1. The average molecular weight is 318 g/mol. The Hall–Kier alpha value is -2.77. The first-order chi connectivity index (χ1) is 11.0. The summed E-state index contributed by atoms with van der Waals surface area (Å²) in [5, 5.41) is 19.8. The van der Waals surface area contributed by atoms with Crippen LogP contribution in [-0.4, -0.2) is 38.0 Å². The fraction of sp³-hybridized carbons (Fsp3) is 0.333. The molecule has 7 nitrogen and oxygen atoms in total. The predicted molar refractivity (Wildman–Crippen MR) is 77.5 cm³/mol. The Labute approximate surface area is 131 Å². The topological polar surface area (TPSA) is 97.1 Å². The van der Waals surface area contributed by atoms with Gasteiger partial charge in [-0.25, -0.2) is 4.39 Å². The standard InChI is InChI=1S/C15H15FN4O3/c16-10-2-5-12(6-3-10)20-17-8-13(19-20)14(21)18-11-4-1-9(7-11)15(22)23/h2-3,5-6,8-9,11H,1,4,7H2,(H,18,21)(H,22,23)/t9-,11+/m1/s1. The first-order valence-electron chi connectivity index (χ1n) is 7.25. The molecular formula is C15H15FN4O3. The molecule has 0 saturated heterocycles. The molecule has 0 aliphatic heterocycles. The lowest BCUT2D eigenvalue weighted by atomic mass is 10.1. The Balaban J connectivity index is 1.65. The van der Waals surface area contributed by atoms with Gasteiger partial charge in [-0.1, -0.05) is 0 Å². The van der Waals surface area contributed by atoms with Crippen LogP contribution < -0.4 is 5.32 Å². The monoisotopic (exact) mass is 318 g/mol. The Bertz CT molecular complexity index is 729. The van der Waals surface area contributed by atoms with E-state index in [4.69, 9.17) is 5.11 Å². The van der Waals surface area contributed by atoms with E-state index in [1.54, 1.807) is 0 Å². The van der Waals surface area contributed by atoms with Crippen LogP contribution in [0.4, 0.5) is 4.39 Å². The zero-order chi connectivity index (χ0) is 16.4. The third-order valence-electron chi connectivity index (χ3n) is 3.90. The van der Waals surface area contributed by atoms with Crippen LogP contribution in [0.2, 0.25) is 0 Å². The summed E-state index contributed by atoms with van der Waals surface area (Å²) >= 11 is 0. The molecule has 8 heteroatoms. The molecule has 1 aromatic heterocycles. The summed E-state index contributed by atoms with van der Waals surface area (Å²) in [7, 11) is 0. The number of aromatic nitrogens is 3. The van der Waals surface area contributed by atoms with Crippen LogP contribution in [0.1, 0.15) is 29.8 Å². The van der Waals surface area contributed by atoms with Crippen LogP contribution in [0.15, 0.2) is 30.5 Å². The number of hydrogen-bond acceptors (Lipinski definition) is 4. The van der Waals surface area contributed by atoms with E-state index in [1.165, 1.54) is 35.3 Å². The van der Waals surface area contributed by atoms with Crippen molar-refractivity contribution in [1.82, 2.24) is 20.3 Å². The highest BCUT2D eigenvalue weighted by molar-refractivity contribution is 5.92. The third-order valence-corrected chi connectivity index (χ3v) is 3.90. The minimum Gasteiger partial charge on any atom is -0.481 e. The molecule has 1 heterocycles. The molecule has 0 radical (unpaired) electrons. The normalized spacial score (nSPS) is 20.4. The summed E-state index contributed by atoms with van der Waals surface area (Å²) in [5.74, 6) is -2.00. The number of benzene rings is 1. The quantitative estimate of drug-likeness (QED) is 0.888.